The van der Waals surface area contributed by atoms with Crippen LogP contribution < -0.4 is 10.5 Å². The molecule has 2 unspecified atom stereocenters. The Hall–Kier alpha value is -1.06. The van der Waals surface area contributed by atoms with Crippen LogP contribution in [0.4, 0.5) is 0 Å². The molecule has 0 radical (unpaired) electrons. The molecule has 1 fully saturated rings. The molecule has 0 saturated carbocycles. The number of piperidine rings is 1. The van der Waals surface area contributed by atoms with E-state index in [2.05, 4.69) is 30.0 Å². The van der Waals surface area contributed by atoms with Crippen molar-refractivity contribution < 1.29 is 4.74 Å². The predicted octanol–water partition coefficient (Wildman–Crippen LogP) is 2.96. The third-order valence-corrected chi connectivity index (χ3v) is 4.25. The van der Waals surface area contributed by atoms with Gasteiger partial charge in [0, 0.05) is 12.1 Å². The van der Waals surface area contributed by atoms with Crippen molar-refractivity contribution in [1.29, 1.82) is 0 Å². The van der Waals surface area contributed by atoms with Crippen LogP contribution >= 0.6 is 0 Å². The number of nitrogens with two attached hydrogens (primary N) is 1. The summed E-state index contributed by atoms with van der Waals surface area (Å²) >= 11 is 0. The fourth-order valence-corrected chi connectivity index (χ4v) is 3.13. The normalized spacial score (nSPS) is 22.2. The lowest BCUT2D eigenvalue weighted by Gasteiger charge is -2.40. The summed E-state index contributed by atoms with van der Waals surface area (Å²) in [6, 6.07) is 9.50. The number of methoxy groups -OCH3 is 1. The van der Waals surface area contributed by atoms with E-state index in [1.807, 2.05) is 6.07 Å². The summed E-state index contributed by atoms with van der Waals surface area (Å²) in [4.78, 5) is 2.62. The number of ether oxygens (including phenoxy) is 1. The summed E-state index contributed by atoms with van der Waals surface area (Å²) < 4.78 is 5.33. The molecular weight excluding hydrogens is 236 g/mol. The van der Waals surface area contributed by atoms with Crippen LogP contribution in [0.1, 0.15) is 44.2 Å². The van der Waals surface area contributed by atoms with E-state index in [4.69, 9.17) is 10.5 Å². The third-order valence-electron chi connectivity index (χ3n) is 4.25. The SMILES string of the molecule is COc1cccc(C(C)N2CCCCC2CCN)c1. The zero-order chi connectivity index (χ0) is 13.7. The minimum Gasteiger partial charge on any atom is -0.497 e. The molecular formula is C16H26N2O. The lowest BCUT2D eigenvalue weighted by Crippen LogP contribution is -2.42. The highest BCUT2D eigenvalue weighted by molar-refractivity contribution is 5.30. The Morgan fingerprint density at radius 1 is 1.42 bits per heavy atom. The average Bonchev–Trinajstić information content (AvgIpc) is 2.47. The first-order valence-corrected chi connectivity index (χ1v) is 7.36. The molecule has 19 heavy (non-hydrogen) atoms. The fourth-order valence-electron chi connectivity index (χ4n) is 3.13. The van der Waals surface area contributed by atoms with E-state index < -0.39 is 0 Å². The van der Waals surface area contributed by atoms with Gasteiger partial charge in [0.1, 0.15) is 5.75 Å². The zero-order valence-electron chi connectivity index (χ0n) is 12.1. The molecule has 1 aliphatic rings. The minimum absolute atomic E-state index is 0.437. The molecule has 0 bridgehead atoms. The Balaban J connectivity index is 2.13. The van der Waals surface area contributed by atoms with Gasteiger partial charge in [-0.15, -0.1) is 0 Å². The second-order valence-electron chi connectivity index (χ2n) is 5.42. The number of hydrogen-bond acceptors (Lipinski definition) is 3. The number of nitrogens with zero attached hydrogens (tertiary/aromatic N) is 1. The minimum atomic E-state index is 0.437. The van der Waals surface area contributed by atoms with Crippen LogP contribution in [0.2, 0.25) is 0 Å². The first kappa shape index (κ1) is 14.4. The molecule has 1 aromatic carbocycles. The van der Waals surface area contributed by atoms with Gasteiger partial charge in [-0.2, -0.15) is 0 Å². The zero-order valence-corrected chi connectivity index (χ0v) is 12.1. The Kier molecular flexibility index (Phi) is 5.23. The van der Waals surface area contributed by atoms with Gasteiger partial charge in [-0.1, -0.05) is 18.6 Å². The van der Waals surface area contributed by atoms with Crippen molar-refractivity contribution >= 4 is 0 Å². The quantitative estimate of drug-likeness (QED) is 0.886. The Morgan fingerprint density at radius 2 is 2.26 bits per heavy atom. The Labute approximate surface area is 116 Å². The Morgan fingerprint density at radius 3 is 3.00 bits per heavy atom. The topological polar surface area (TPSA) is 38.5 Å². The van der Waals surface area contributed by atoms with Gasteiger partial charge in [-0.05, 0) is 57.0 Å². The highest BCUT2D eigenvalue weighted by Crippen LogP contribution is 2.30. The largest absolute Gasteiger partial charge is 0.497 e. The summed E-state index contributed by atoms with van der Waals surface area (Å²) in [6.07, 6.45) is 5.03. The highest BCUT2D eigenvalue weighted by Gasteiger charge is 2.26. The molecule has 106 valence electrons. The molecule has 1 saturated heterocycles. The molecule has 1 aliphatic heterocycles. The van der Waals surface area contributed by atoms with Crippen molar-refractivity contribution in [3.63, 3.8) is 0 Å². The molecule has 2 atom stereocenters. The van der Waals surface area contributed by atoms with Gasteiger partial charge in [0.15, 0.2) is 0 Å². The molecule has 3 nitrogen and oxygen atoms in total. The van der Waals surface area contributed by atoms with E-state index in [1.165, 1.54) is 31.4 Å². The lowest BCUT2D eigenvalue weighted by atomic mass is 9.95. The van der Waals surface area contributed by atoms with Crippen molar-refractivity contribution in [2.75, 3.05) is 20.2 Å². The summed E-state index contributed by atoms with van der Waals surface area (Å²) in [5.74, 6) is 0.941. The number of rotatable bonds is 5. The summed E-state index contributed by atoms with van der Waals surface area (Å²) in [7, 11) is 1.72. The Bertz CT molecular complexity index is 392. The van der Waals surface area contributed by atoms with Crippen molar-refractivity contribution in [2.24, 2.45) is 5.73 Å². The summed E-state index contributed by atoms with van der Waals surface area (Å²) in [5.41, 5.74) is 7.10. The van der Waals surface area contributed by atoms with Crippen molar-refractivity contribution in [1.82, 2.24) is 4.90 Å². The molecule has 0 amide bonds. The number of hydrogen-bond donors (Lipinski definition) is 1. The smallest absolute Gasteiger partial charge is 0.119 e. The van der Waals surface area contributed by atoms with Crippen LogP contribution in [0.3, 0.4) is 0 Å². The van der Waals surface area contributed by atoms with Crippen LogP contribution in [-0.2, 0) is 0 Å². The lowest BCUT2D eigenvalue weighted by molar-refractivity contribution is 0.0983. The van der Waals surface area contributed by atoms with Gasteiger partial charge < -0.3 is 10.5 Å². The highest BCUT2D eigenvalue weighted by atomic mass is 16.5. The molecule has 2 rings (SSSR count). The van der Waals surface area contributed by atoms with Crippen molar-refractivity contribution in [3.8, 4) is 5.75 Å². The summed E-state index contributed by atoms with van der Waals surface area (Å²) in [6.45, 7) is 4.26. The predicted molar refractivity (Wildman–Crippen MR) is 79.4 cm³/mol. The van der Waals surface area contributed by atoms with E-state index in [0.717, 1.165) is 18.7 Å². The number of likely N-dealkylation sites (tertiary alicyclic amines) is 1. The molecule has 0 aromatic heterocycles. The van der Waals surface area contributed by atoms with Crippen LogP contribution in [0.5, 0.6) is 5.75 Å². The van der Waals surface area contributed by atoms with Gasteiger partial charge in [-0.25, -0.2) is 0 Å². The standard InChI is InChI=1S/C16H26N2O/c1-13(14-6-5-8-16(12-14)19-2)18-11-4-3-7-15(18)9-10-17/h5-6,8,12-13,15H,3-4,7,9-11,17H2,1-2H3. The molecule has 1 aromatic rings. The fraction of sp³-hybridized carbons (Fsp3) is 0.625. The molecule has 3 heteroatoms. The maximum Gasteiger partial charge on any atom is 0.119 e. The van der Waals surface area contributed by atoms with E-state index in [0.29, 0.717) is 12.1 Å². The van der Waals surface area contributed by atoms with E-state index in [-0.39, 0.29) is 0 Å². The monoisotopic (exact) mass is 262 g/mol. The first-order valence-electron chi connectivity index (χ1n) is 7.36. The average molecular weight is 262 g/mol. The maximum absolute atomic E-state index is 5.76. The van der Waals surface area contributed by atoms with Gasteiger partial charge in [-0.3, -0.25) is 4.90 Å². The summed E-state index contributed by atoms with van der Waals surface area (Å²) in [5, 5.41) is 0. The van der Waals surface area contributed by atoms with Gasteiger partial charge in [0.05, 0.1) is 7.11 Å². The third kappa shape index (κ3) is 3.48. The van der Waals surface area contributed by atoms with Gasteiger partial charge in [0.25, 0.3) is 0 Å². The second-order valence-corrected chi connectivity index (χ2v) is 5.42. The van der Waals surface area contributed by atoms with Crippen molar-refractivity contribution in [3.05, 3.63) is 29.8 Å². The van der Waals surface area contributed by atoms with Crippen LogP contribution in [0.15, 0.2) is 24.3 Å². The van der Waals surface area contributed by atoms with Crippen molar-refractivity contribution in [2.45, 2.75) is 44.7 Å². The van der Waals surface area contributed by atoms with E-state index in [1.54, 1.807) is 7.11 Å². The van der Waals surface area contributed by atoms with E-state index >= 15 is 0 Å². The molecule has 2 N–H and O–H groups in total. The first-order chi connectivity index (χ1) is 9.26. The molecule has 0 aliphatic carbocycles. The van der Waals surface area contributed by atoms with Gasteiger partial charge in [0.2, 0.25) is 0 Å². The van der Waals surface area contributed by atoms with Crippen LogP contribution in [0, 0.1) is 0 Å². The van der Waals surface area contributed by atoms with Crippen LogP contribution in [-0.4, -0.2) is 31.1 Å². The second kappa shape index (κ2) is 6.92. The van der Waals surface area contributed by atoms with Crippen LogP contribution in [0.25, 0.3) is 0 Å². The van der Waals surface area contributed by atoms with Gasteiger partial charge >= 0.3 is 0 Å². The van der Waals surface area contributed by atoms with E-state index in [9.17, 15) is 0 Å². The molecule has 0 spiro atoms. The molecule has 1 heterocycles. The number of benzene rings is 1. The maximum atomic E-state index is 5.76.